The van der Waals surface area contributed by atoms with Crippen molar-refractivity contribution in [2.24, 2.45) is 0 Å². The van der Waals surface area contributed by atoms with Crippen LogP contribution in [0.3, 0.4) is 0 Å². The van der Waals surface area contributed by atoms with Gasteiger partial charge in [0.25, 0.3) is 0 Å². The summed E-state index contributed by atoms with van der Waals surface area (Å²) in [6.45, 7) is -1.45. The number of nitrogens with one attached hydrogen (secondary N) is 1. The number of H-pyrrole nitrogens is 1. The quantitative estimate of drug-likeness (QED) is 0.887. The molecule has 18 heavy (non-hydrogen) atoms. The Labute approximate surface area is 98.2 Å². The van der Waals surface area contributed by atoms with Crippen LogP contribution in [0.1, 0.15) is 10.5 Å². The Morgan fingerprint density at radius 3 is 2.83 bits per heavy atom. The maximum atomic E-state index is 12.0. The molecule has 0 saturated heterocycles. The number of aromatic amines is 1. The number of ether oxygens (including phenoxy) is 1. The van der Waals surface area contributed by atoms with E-state index in [1.807, 2.05) is 0 Å². The fourth-order valence-corrected chi connectivity index (χ4v) is 1.40. The highest BCUT2D eigenvalue weighted by molar-refractivity contribution is 5.94. The molecule has 5 nitrogen and oxygen atoms in total. The van der Waals surface area contributed by atoms with Crippen LogP contribution >= 0.6 is 0 Å². The summed E-state index contributed by atoms with van der Waals surface area (Å²) in [4.78, 5) is 17.0. The largest absolute Gasteiger partial charge is 0.482 e. The summed E-state index contributed by atoms with van der Waals surface area (Å²) in [5.74, 6) is -1.32. The van der Waals surface area contributed by atoms with Crippen LogP contribution in [0, 0.1) is 0 Å². The minimum atomic E-state index is -4.46. The number of carboxylic acid groups (broad SMARTS) is 1. The SMILES string of the molecule is O=C(O)c1cc2nccc(OCC(F)(F)F)c2[nH]1. The molecule has 2 heterocycles. The third kappa shape index (κ3) is 2.53. The molecule has 0 bridgehead atoms. The van der Waals surface area contributed by atoms with Gasteiger partial charge in [0, 0.05) is 12.3 Å². The molecule has 2 N–H and O–H groups in total. The van der Waals surface area contributed by atoms with Crippen molar-refractivity contribution in [3.05, 3.63) is 24.0 Å². The van der Waals surface area contributed by atoms with Crippen LogP contribution in [0.15, 0.2) is 18.3 Å². The molecule has 0 amide bonds. The number of carbonyl (C=O) groups is 1. The average molecular weight is 260 g/mol. The lowest BCUT2D eigenvalue weighted by atomic mass is 10.3. The molecule has 0 aromatic carbocycles. The minimum Gasteiger partial charge on any atom is -0.482 e. The second kappa shape index (κ2) is 4.21. The molecule has 96 valence electrons. The number of aromatic carboxylic acids is 1. The van der Waals surface area contributed by atoms with Gasteiger partial charge in [-0.1, -0.05) is 0 Å². The molecule has 0 spiro atoms. The van der Waals surface area contributed by atoms with E-state index >= 15 is 0 Å². The van der Waals surface area contributed by atoms with Crippen molar-refractivity contribution in [1.82, 2.24) is 9.97 Å². The lowest BCUT2D eigenvalue weighted by molar-refractivity contribution is -0.153. The number of fused-ring (bicyclic) bond motifs is 1. The zero-order valence-electron chi connectivity index (χ0n) is 8.78. The number of hydrogen-bond donors (Lipinski definition) is 2. The molecule has 2 rings (SSSR count). The number of hydrogen-bond acceptors (Lipinski definition) is 3. The predicted molar refractivity (Wildman–Crippen MR) is 54.6 cm³/mol. The molecule has 0 aliphatic rings. The Morgan fingerprint density at radius 1 is 1.50 bits per heavy atom. The van der Waals surface area contributed by atoms with Gasteiger partial charge in [-0.15, -0.1) is 0 Å². The summed E-state index contributed by atoms with van der Waals surface area (Å²) in [6, 6.07) is 2.45. The van der Waals surface area contributed by atoms with Gasteiger partial charge < -0.3 is 14.8 Å². The summed E-state index contributed by atoms with van der Waals surface area (Å²) in [5, 5.41) is 8.76. The van der Waals surface area contributed by atoms with Crippen LogP contribution in [-0.2, 0) is 0 Å². The number of nitrogens with zero attached hydrogens (tertiary/aromatic N) is 1. The standard InChI is InChI=1S/C10H7F3N2O3/c11-10(12,13)4-18-7-1-2-14-5-3-6(9(16)17)15-8(5)7/h1-3,15H,4H2,(H,16,17). The van der Waals surface area contributed by atoms with Gasteiger partial charge in [0.05, 0.1) is 5.52 Å². The first-order valence-electron chi connectivity index (χ1n) is 4.77. The second-order valence-corrected chi connectivity index (χ2v) is 3.46. The van der Waals surface area contributed by atoms with Crippen molar-refractivity contribution in [1.29, 1.82) is 0 Å². The van der Waals surface area contributed by atoms with Crippen LogP contribution < -0.4 is 4.74 Å². The number of alkyl halides is 3. The summed E-state index contributed by atoms with van der Waals surface area (Å²) in [5.41, 5.74) is 0.187. The van der Waals surface area contributed by atoms with Crippen molar-refractivity contribution >= 4 is 17.0 Å². The summed E-state index contributed by atoms with van der Waals surface area (Å²) in [7, 11) is 0. The van der Waals surface area contributed by atoms with E-state index in [9.17, 15) is 18.0 Å². The van der Waals surface area contributed by atoms with Gasteiger partial charge in [0.1, 0.15) is 17.0 Å². The molecule has 0 radical (unpaired) electrons. The summed E-state index contributed by atoms with van der Waals surface area (Å²) in [6.07, 6.45) is -3.22. The lowest BCUT2D eigenvalue weighted by Crippen LogP contribution is -2.19. The molecular weight excluding hydrogens is 253 g/mol. The fraction of sp³-hybridized carbons (Fsp3) is 0.200. The monoisotopic (exact) mass is 260 g/mol. The Bertz CT molecular complexity index is 592. The maximum absolute atomic E-state index is 12.0. The molecule has 0 atom stereocenters. The smallest absolute Gasteiger partial charge is 0.422 e. The zero-order chi connectivity index (χ0) is 13.3. The van der Waals surface area contributed by atoms with E-state index in [-0.39, 0.29) is 22.5 Å². The Morgan fingerprint density at radius 2 is 2.22 bits per heavy atom. The zero-order valence-corrected chi connectivity index (χ0v) is 8.78. The van der Waals surface area contributed by atoms with Crippen molar-refractivity contribution in [3.63, 3.8) is 0 Å². The Hall–Kier alpha value is -2.25. The van der Waals surface area contributed by atoms with Gasteiger partial charge in [-0.2, -0.15) is 13.2 Å². The third-order valence-corrected chi connectivity index (χ3v) is 2.10. The first-order valence-corrected chi connectivity index (χ1v) is 4.77. The molecule has 2 aromatic rings. The highest BCUT2D eigenvalue weighted by atomic mass is 19.4. The Kier molecular flexibility index (Phi) is 2.85. The van der Waals surface area contributed by atoms with E-state index in [2.05, 4.69) is 14.7 Å². The molecule has 0 aliphatic heterocycles. The van der Waals surface area contributed by atoms with Crippen molar-refractivity contribution in [2.45, 2.75) is 6.18 Å². The normalized spacial score (nSPS) is 11.7. The van der Waals surface area contributed by atoms with Crippen LogP contribution in [0.4, 0.5) is 13.2 Å². The van der Waals surface area contributed by atoms with Crippen LogP contribution in [0.2, 0.25) is 0 Å². The van der Waals surface area contributed by atoms with E-state index in [4.69, 9.17) is 5.11 Å². The van der Waals surface area contributed by atoms with E-state index in [0.717, 1.165) is 0 Å². The molecule has 0 saturated carbocycles. The van der Waals surface area contributed by atoms with Gasteiger partial charge in [0.2, 0.25) is 0 Å². The number of rotatable bonds is 3. The summed E-state index contributed by atoms with van der Waals surface area (Å²) < 4.78 is 40.7. The highest BCUT2D eigenvalue weighted by Gasteiger charge is 2.29. The molecular formula is C10H7F3N2O3. The fourth-order valence-electron chi connectivity index (χ4n) is 1.40. The van der Waals surface area contributed by atoms with E-state index in [0.29, 0.717) is 0 Å². The van der Waals surface area contributed by atoms with Gasteiger partial charge in [-0.05, 0) is 6.07 Å². The molecule has 2 aromatic heterocycles. The number of halogens is 3. The van der Waals surface area contributed by atoms with Crippen LogP contribution in [0.5, 0.6) is 5.75 Å². The van der Waals surface area contributed by atoms with Crippen molar-refractivity contribution in [2.75, 3.05) is 6.61 Å². The van der Waals surface area contributed by atoms with Gasteiger partial charge in [-0.25, -0.2) is 4.79 Å². The summed E-state index contributed by atoms with van der Waals surface area (Å²) >= 11 is 0. The van der Waals surface area contributed by atoms with E-state index < -0.39 is 18.8 Å². The topological polar surface area (TPSA) is 75.2 Å². The van der Waals surface area contributed by atoms with Crippen LogP contribution in [0.25, 0.3) is 11.0 Å². The van der Waals surface area contributed by atoms with Crippen molar-refractivity contribution in [3.8, 4) is 5.75 Å². The lowest BCUT2D eigenvalue weighted by Gasteiger charge is -2.09. The highest BCUT2D eigenvalue weighted by Crippen LogP contribution is 2.25. The number of pyridine rings is 1. The van der Waals surface area contributed by atoms with Gasteiger partial charge >= 0.3 is 12.1 Å². The number of carboxylic acids is 1. The first kappa shape index (κ1) is 12.2. The minimum absolute atomic E-state index is 0.0928. The molecule has 8 heteroatoms. The van der Waals surface area contributed by atoms with Crippen LogP contribution in [-0.4, -0.2) is 33.8 Å². The van der Waals surface area contributed by atoms with E-state index in [1.165, 1.54) is 18.3 Å². The van der Waals surface area contributed by atoms with Gasteiger partial charge in [-0.3, -0.25) is 4.98 Å². The third-order valence-electron chi connectivity index (χ3n) is 2.10. The number of aromatic nitrogens is 2. The van der Waals surface area contributed by atoms with E-state index in [1.54, 1.807) is 0 Å². The maximum Gasteiger partial charge on any atom is 0.422 e. The average Bonchev–Trinajstić information content (AvgIpc) is 2.69. The second-order valence-electron chi connectivity index (χ2n) is 3.46. The van der Waals surface area contributed by atoms with Gasteiger partial charge in [0.15, 0.2) is 6.61 Å². The molecule has 0 unspecified atom stereocenters. The molecule has 0 fully saturated rings. The Balaban J connectivity index is 2.36. The first-order chi connectivity index (χ1) is 8.37. The van der Waals surface area contributed by atoms with Crippen molar-refractivity contribution < 1.29 is 27.8 Å². The predicted octanol–water partition coefficient (Wildman–Crippen LogP) is 2.20. The molecule has 0 aliphatic carbocycles.